The van der Waals surface area contributed by atoms with Crippen LogP contribution in [-0.2, 0) is 13.1 Å². The number of rotatable bonds is 6. The van der Waals surface area contributed by atoms with Crippen molar-refractivity contribution in [3.63, 3.8) is 0 Å². The highest BCUT2D eigenvalue weighted by Crippen LogP contribution is 2.23. The molecular formula is C14H25N3S. The monoisotopic (exact) mass is 267 g/mol. The highest BCUT2D eigenvalue weighted by Gasteiger charge is 2.20. The van der Waals surface area contributed by atoms with E-state index in [1.807, 2.05) is 0 Å². The first kappa shape index (κ1) is 14.0. The Morgan fingerprint density at radius 2 is 2.17 bits per heavy atom. The molecule has 4 heteroatoms. The Balaban J connectivity index is 1.82. The van der Waals surface area contributed by atoms with E-state index in [1.54, 1.807) is 11.3 Å². The minimum atomic E-state index is 0.526. The fourth-order valence-corrected chi connectivity index (χ4v) is 3.26. The number of thiazole rings is 1. The molecule has 0 saturated heterocycles. The smallest absolute Gasteiger partial charge is 0.107 e. The second-order valence-corrected chi connectivity index (χ2v) is 6.56. The summed E-state index contributed by atoms with van der Waals surface area (Å²) in [7, 11) is 2.24. The van der Waals surface area contributed by atoms with Crippen LogP contribution in [0.5, 0.6) is 0 Å². The maximum Gasteiger partial charge on any atom is 0.107 e. The molecule has 0 atom stereocenters. The van der Waals surface area contributed by atoms with E-state index in [4.69, 9.17) is 4.98 Å². The SMILES string of the molecule is CC(C)NCc1nc(CN(C)C2CCCC2)cs1. The van der Waals surface area contributed by atoms with Crippen LogP contribution in [0.2, 0.25) is 0 Å². The summed E-state index contributed by atoms with van der Waals surface area (Å²) in [5.41, 5.74) is 1.23. The highest BCUT2D eigenvalue weighted by molar-refractivity contribution is 7.09. The molecule has 0 spiro atoms. The van der Waals surface area contributed by atoms with Gasteiger partial charge in [-0.3, -0.25) is 4.90 Å². The lowest BCUT2D eigenvalue weighted by Crippen LogP contribution is -2.28. The number of aromatic nitrogens is 1. The molecule has 0 aromatic carbocycles. The molecule has 1 aromatic heterocycles. The van der Waals surface area contributed by atoms with Crippen LogP contribution >= 0.6 is 11.3 Å². The molecule has 3 nitrogen and oxygen atoms in total. The minimum absolute atomic E-state index is 0.526. The summed E-state index contributed by atoms with van der Waals surface area (Å²) in [6.07, 6.45) is 5.52. The fourth-order valence-electron chi connectivity index (χ4n) is 2.52. The maximum atomic E-state index is 4.71. The summed E-state index contributed by atoms with van der Waals surface area (Å²) in [4.78, 5) is 7.18. The van der Waals surface area contributed by atoms with E-state index in [0.717, 1.165) is 19.1 Å². The molecule has 1 aliphatic carbocycles. The molecule has 2 rings (SSSR count). The Morgan fingerprint density at radius 1 is 1.44 bits per heavy atom. The third-order valence-corrected chi connectivity index (χ3v) is 4.52. The summed E-state index contributed by atoms with van der Waals surface area (Å²) in [5, 5.41) is 6.84. The molecule has 18 heavy (non-hydrogen) atoms. The second-order valence-electron chi connectivity index (χ2n) is 5.62. The van der Waals surface area contributed by atoms with E-state index >= 15 is 0 Å². The van der Waals surface area contributed by atoms with Gasteiger partial charge >= 0.3 is 0 Å². The maximum absolute atomic E-state index is 4.71. The molecule has 0 radical (unpaired) electrons. The summed E-state index contributed by atoms with van der Waals surface area (Å²) in [5.74, 6) is 0. The van der Waals surface area contributed by atoms with Crippen LogP contribution in [0.3, 0.4) is 0 Å². The van der Waals surface area contributed by atoms with Gasteiger partial charge in [-0.2, -0.15) is 0 Å². The van der Waals surface area contributed by atoms with Gasteiger partial charge in [-0.15, -0.1) is 11.3 Å². The van der Waals surface area contributed by atoms with Gasteiger partial charge < -0.3 is 5.32 Å². The predicted octanol–water partition coefficient (Wildman–Crippen LogP) is 3.02. The minimum Gasteiger partial charge on any atom is -0.308 e. The molecule has 1 N–H and O–H groups in total. The molecule has 102 valence electrons. The van der Waals surface area contributed by atoms with E-state index < -0.39 is 0 Å². The Morgan fingerprint density at radius 3 is 2.83 bits per heavy atom. The van der Waals surface area contributed by atoms with Crippen LogP contribution in [0.4, 0.5) is 0 Å². The fraction of sp³-hybridized carbons (Fsp3) is 0.786. The first-order valence-corrected chi connectivity index (χ1v) is 7.90. The van der Waals surface area contributed by atoms with Crippen molar-refractivity contribution in [1.29, 1.82) is 0 Å². The zero-order valence-corrected chi connectivity index (χ0v) is 12.6. The first-order chi connectivity index (χ1) is 8.65. The van der Waals surface area contributed by atoms with E-state index in [-0.39, 0.29) is 0 Å². The van der Waals surface area contributed by atoms with Crippen molar-refractivity contribution in [3.05, 3.63) is 16.1 Å². The van der Waals surface area contributed by atoms with Gasteiger partial charge in [-0.25, -0.2) is 4.98 Å². The van der Waals surface area contributed by atoms with Crippen molar-refractivity contribution in [2.45, 2.75) is 64.7 Å². The summed E-state index contributed by atoms with van der Waals surface area (Å²) < 4.78 is 0. The van der Waals surface area contributed by atoms with Crippen LogP contribution < -0.4 is 5.32 Å². The predicted molar refractivity (Wildman–Crippen MR) is 77.8 cm³/mol. The molecule has 0 aliphatic heterocycles. The highest BCUT2D eigenvalue weighted by atomic mass is 32.1. The number of nitrogens with zero attached hydrogens (tertiary/aromatic N) is 2. The molecule has 1 aromatic rings. The number of hydrogen-bond acceptors (Lipinski definition) is 4. The molecule has 1 fully saturated rings. The van der Waals surface area contributed by atoms with Gasteiger partial charge in [-0.05, 0) is 19.9 Å². The van der Waals surface area contributed by atoms with Gasteiger partial charge in [0, 0.05) is 30.6 Å². The van der Waals surface area contributed by atoms with Crippen molar-refractivity contribution < 1.29 is 0 Å². The number of hydrogen-bond donors (Lipinski definition) is 1. The van der Waals surface area contributed by atoms with E-state index in [1.165, 1.54) is 36.4 Å². The third kappa shape index (κ3) is 4.04. The van der Waals surface area contributed by atoms with Gasteiger partial charge in [0.25, 0.3) is 0 Å². The molecule has 0 bridgehead atoms. The quantitative estimate of drug-likeness (QED) is 0.859. The average Bonchev–Trinajstić information content (AvgIpc) is 2.97. The second kappa shape index (κ2) is 6.64. The Labute approximate surface area is 115 Å². The van der Waals surface area contributed by atoms with Crippen LogP contribution in [0, 0.1) is 0 Å². The van der Waals surface area contributed by atoms with Crippen LogP contribution in [-0.4, -0.2) is 29.0 Å². The third-order valence-electron chi connectivity index (χ3n) is 3.62. The van der Waals surface area contributed by atoms with Gasteiger partial charge in [0.05, 0.1) is 5.69 Å². The standard InChI is InChI=1S/C14H25N3S/c1-11(2)15-8-14-16-12(10-18-14)9-17(3)13-6-4-5-7-13/h10-11,13,15H,4-9H2,1-3H3. The Bertz CT molecular complexity index is 356. The van der Waals surface area contributed by atoms with Crippen molar-refractivity contribution in [1.82, 2.24) is 15.2 Å². The molecule has 1 heterocycles. The van der Waals surface area contributed by atoms with Gasteiger partial charge in [0.1, 0.15) is 5.01 Å². The number of nitrogens with one attached hydrogen (secondary N) is 1. The molecule has 0 unspecified atom stereocenters. The Hall–Kier alpha value is -0.450. The summed E-state index contributed by atoms with van der Waals surface area (Å²) >= 11 is 1.78. The molecule has 1 aliphatic rings. The lowest BCUT2D eigenvalue weighted by atomic mass is 10.2. The average molecular weight is 267 g/mol. The van der Waals surface area contributed by atoms with Crippen molar-refractivity contribution in [3.8, 4) is 0 Å². The van der Waals surface area contributed by atoms with Gasteiger partial charge in [0.2, 0.25) is 0 Å². The summed E-state index contributed by atoms with van der Waals surface area (Å²) in [6, 6.07) is 1.31. The van der Waals surface area contributed by atoms with Crippen molar-refractivity contribution in [2.24, 2.45) is 0 Å². The first-order valence-electron chi connectivity index (χ1n) is 7.02. The van der Waals surface area contributed by atoms with E-state index in [9.17, 15) is 0 Å². The normalized spacial score (nSPS) is 17.2. The Kier molecular flexibility index (Phi) is 5.15. The van der Waals surface area contributed by atoms with Crippen LogP contribution in [0.15, 0.2) is 5.38 Å². The van der Waals surface area contributed by atoms with Crippen LogP contribution in [0.25, 0.3) is 0 Å². The molecule has 0 amide bonds. The lowest BCUT2D eigenvalue weighted by molar-refractivity contribution is 0.235. The van der Waals surface area contributed by atoms with E-state index in [2.05, 4.69) is 36.5 Å². The van der Waals surface area contributed by atoms with Gasteiger partial charge in [-0.1, -0.05) is 26.7 Å². The molecular weight excluding hydrogens is 242 g/mol. The van der Waals surface area contributed by atoms with Crippen LogP contribution in [0.1, 0.15) is 50.2 Å². The van der Waals surface area contributed by atoms with Crippen molar-refractivity contribution >= 4 is 11.3 Å². The van der Waals surface area contributed by atoms with Crippen molar-refractivity contribution in [2.75, 3.05) is 7.05 Å². The zero-order chi connectivity index (χ0) is 13.0. The topological polar surface area (TPSA) is 28.2 Å². The lowest BCUT2D eigenvalue weighted by Gasteiger charge is -2.22. The zero-order valence-electron chi connectivity index (χ0n) is 11.8. The molecule has 1 saturated carbocycles. The van der Waals surface area contributed by atoms with Gasteiger partial charge in [0.15, 0.2) is 0 Å². The van der Waals surface area contributed by atoms with E-state index in [0.29, 0.717) is 6.04 Å². The largest absolute Gasteiger partial charge is 0.308 e. The summed E-state index contributed by atoms with van der Waals surface area (Å²) in [6.45, 7) is 6.24.